The Kier molecular flexibility index (Phi) is 5.55. The molecule has 0 bridgehead atoms. The molecule has 1 amide bonds. The van der Waals surface area contributed by atoms with Crippen molar-refractivity contribution in [1.82, 2.24) is 14.7 Å². The maximum atomic E-state index is 13.3. The van der Waals surface area contributed by atoms with Gasteiger partial charge in [0.15, 0.2) is 0 Å². The minimum absolute atomic E-state index is 0.0373. The summed E-state index contributed by atoms with van der Waals surface area (Å²) in [4.78, 5) is 25.3. The summed E-state index contributed by atoms with van der Waals surface area (Å²) in [7, 11) is 0. The molecule has 1 atom stereocenters. The van der Waals surface area contributed by atoms with Gasteiger partial charge in [-0.2, -0.15) is 5.10 Å². The maximum absolute atomic E-state index is 13.3. The number of benzene rings is 1. The van der Waals surface area contributed by atoms with Crippen LogP contribution in [0.1, 0.15) is 53.0 Å². The molecule has 0 saturated carbocycles. The second kappa shape index (κ2) is 7.87. The largest absolute Gasteiger partial charge is 0.478 e. The summed E-state index contributed by atoms with van der Waals surface area (Å²) >= 11 is 0. The molecule has 3 rings (SSSR count). The smallest absolute Gasteiger partial charge is 0.339 e. The van der Waals surface area contributed by atoms with Crippen molar-refractivity contribution in [1.29, 1.82) is 0 Å². The Morgan fingerprint density at radius 3 is 2.63 bits per heavy atom. The normalized spacial score (nSPS) is 16.3. The SMILES string of the molecule is Cc1c(C(=O)O)cnn1C1CCN(C(=O)CC(O)c2cccc(F)c2)CC1. The predicted molar refractivity (Wildman–Crippen MR) is 94.8 cm³/mol. The van der Waals surface area contributed by atoms with Crippen molar-refractivity contribution >= 4 is 11.9 Å². The number of carbonyl (C=O) groups excluding carboxylic acids is 1. The number of carboxylic acids is 1. The molecule has 7 nitrogen and oxygen atoms in total. The topological polar surface area (TPSA) is 95.7 Å². The molecule has 1 aliphatic heterocycles. The van der Waals surface area contributed by atoms with Crippen LogP contribution in [-0.2, 0) is 4.79 Å². The molecular weight excluding hydrogens is 353 g/mol. The third kappa shape index (κ3) is 4.16. The van der Waals surface area contributed by atoms with Gasteiger partial charge >= 0.3 is 5.97 Å². The zero-order valence-corrected chi connectivity index (χ0v) is 15.0. The summed E-state index contributed by atoms with van der Waals surface area (Å²) in [5.74, 6) is -1.64. The van der Waals surface area contributed by atoms with E-state index in [1.165, 1.54) is 24.4 Å². The maximum Gasteiger partial charge on any atom is 0.339 e. The van der Waals surface area contributed by atoms with Crippen LogP contribution in [0.15, 0.2) is 30.5 Å². The van der Waals surface area contributed by atoms with Crippen LogP contribution in [0, 0.1) is 12.7 Å². The summed E-state index contributed by atoms with van der Waals surface area (Å²) in [6.07, 6.45) is 1.52. The highest BCUT2D eigenvalue weighted by Gasteiger charge is 2.27. The first-order valence-electron chi connectivity index (χ1n) is 8.85. The van der Waals surface area contributed by atoms with Gasteiger partial charge in [0.2, 0.25) is 5.91 Å². The van der Waals surface area contributed by atoms with Gasteiger partial charge < -0.3 is 15.1 Å². The second-order valence-corrected chi connectivity index (χ2v) is 6.78. The quantitative estimate of drug-likeness (QED) is 0.836. The van der Waals surface area contributed by atoms with E-state index >= 15 is 0 Å². The Morgan fingerprint density at radius 1 is 1.33 bits per heavy atom. The Morgan fingerprint density at radius 2 is 2.04 bits per heavy atom. The molecule has 1 aromatic heterocycles. The molecule has 144 valence electrons. The highest BCUT2D eigenvalue weighted by Crippen LogP contribution is 2.26. The van der Waals surface area contributed by atoms with Crippen LogP contribution >= 0.6 is 0 Å². The number of carbonyl (C=O) groups is 2. The third-order valence-corrected chi connectivity index (χ3v) is 5.04. The number of aromatic carboxylic acids is 1. The van der Waals surface area contributed by atoms with E-state index in [9.17, 15) is 19.1 Å². The number of hydrogen-bond acceptors (Lipinski definition) is 4. The number of amides is 1. The molecular formula is C19H22FN3O4. The average Bonchev–Trinajstić information content (AvgIpc) is 3.03. The summed E-state index contributed by atoms with van der Waals surface area (Å²) in [6, 6.07) is 5.64. The van der Waals surface area contributed by atoms with Crippen LogP contribution in [0.4, 0.5) is 4.39 Å². The number of piperidine rings is 1. The van der Waals surface area contributed by atoms with Crippen molar-refractivity contribution in [2.24, 2.45) is 0 Å². The lowest BCUT2D eigenvalue weighted by atomic mass is 10.0. The molecule has 1 saturated heterocycles. The summed E-state index contributed by atoms with van der Waals surface area (Å²) in [5, 5.41) is 23.5. The molecule has 1 aliphatic rings. The first-order valence-corrected chi connectivity index (χ1v) is 8.85. The molecule has 1 fully saturated rings. The van der Waals surface area contributed by atoms with Crippen LogP contribution in [0.5, 0.6) is 0 Å². The number of aliphatic hydroxyl groups is 1. The standard InChI is InChI=1S/C19H22FN3O4/c1-12-16(19(26)27)11-21-23(12)15-5-7-22(8-6-15)18(25)10-17(24)13-3-2-4-14(20)9-13/h2-4,9,11,15,17,24H,5-8,10H2,1H3,(H,26,27). The van der Waals surface area contributed by atoms with Crippen LogP contribution < -0.4 is 0 Å². The minimum Gasteiger partial charge on any atom is -0.478 e. The molecule has 27 heavy (non-hydrogen) atoms. The van der Waals surface area contributed by atoms with Gasteiger partial charge in [0, 0.05) is 13.1 Å². The number of aromatic nitrogens is 2. The lowest BCUT2D eigenvalue weighted by Crippen LogP contribution is -2.40. The van der Waals surface area contributed by atoms with Gasteiger partial charge in [-0.05, 0) is 37.5 Å². The van der Waals surface area contributed by atoms with Gasteiger partial charge in [0.05, 0.1) is 30.5 Å². The van der Waals surface area contributed by atoms with E-state index in [2.05, 4.69) is 5.10 Å². The van der Waals surface area contributed by atoms with Gasteiger partial charge in [-0.1, -0.05) is 12.1 Å². The van der Waals surface area contributed by atoms with Crippen molar-refractivity contribution in [3.8, 4) is 0 Å². The number of halogens is 1. The number of likely N-dealkylation sites (tertiary alicyclic amines) is 1. The second-order valence-electron chi connectivity index (χ2n) is 6.78. The molecule has 1 unspecified atom stereocenters. The Labute approximate surface area is 156 Å². The Hall–Kier alpha value is -2.74. The lowest BCUT2D eigenvalue weighted by Gasteiger charge is -2.33. The Balaban J connectivity index is 1.57. The zero-order chi connectivity index (χ0) is 19.6. The van der Waals surface area contributed by atoms with Crippen LogP contribution in [0.25, 0.3) is 0 Å². The molecule has 0 radical (unpaired) electrons. The Bertz CT molecular complexity index is 843. The molecule has 8 heteroatoms. The summed E-state index contributed by atoms with van der Waals surface area (Å²) < 4.78 is 15.0. The van der Waals surface area contributed by atoms with Crippen LogP contribution in [0.2, 0.25) is 0 Å². The van der Waals surface area contributed by atoms with Crippen molar-refractivity contribution in [2.45, 2.75) is 38.3 Å². The van der Waals surface area contributed by atoms with Crippen molar-refractivity contribution in [3.63, 3.8) is 0 Å². The number of nitrogens with zero attached hydrogens (tertiary/aromatic N) is 3. The number of hydrogen-bond donors (Lipinski definition) is 2. The fourth-order valence-electron chi connectivity index (χ4n) is 3.49. The van der Waals surface area contributed by atoms with Gasteiger partial charge in [0.1, 0.15) is 11.4 Å². The van der Waals surface area contributed by atoms with Gasteiger partial charge in [-0.3, -0.25) is 9.48 Å². The third-order valence-electron chi connectivity index (χ3n) is 5.04. The average molecular weight is 375 g/mol. The zero-order valence-electron chi connectivity index (χ0n) is 15.0. The summed E-state index contributed by atoms with van der Waals surface area (Å²) in [5.41, 5.74) is 1.17. The molecule has 2 aromatic rings. The molecule has 2 heterocycles. The van der Waals surface area contributed by atoms with E-state index in [0.29, 0.717) is 37.2 Å². The van der Waals surface area contributed by atoms with E-state index in [4.69, 9.17) is 5.11 Å². The molecule has 0 aliphatic carbocycles. The highest BCUT2D eigenvalue weighted by atomic mass is 19.1. The van der Waals surface area contributed by atoms with Crippen LogP contribution in [-0.4, -0.2) is 49.9 Å². The van der Waals surface area contributed by atoms with E-state index in [1.54, 1.807) is 22.6 Å². The van der Waals surface area contributed by atoms with E-state index in [-0.39, 0.29) is 23.9 Å². The molecule has 1 aromatic carbocycles. The van der Waals surface area contributed by atoms with Crippen molar-refractivity contribution in [2.75, 3.05) is 13.1 Å². The first kappa shape index (κ1) is 19.0. The van der Waals surface area contributed by atoms with Gasteiger partial charge in [0.25, 0.3) is 0 Å². The predicted octanol–water partition coefficient (Wildman–Crippen LogP) is 2.32. The van der Waals surface area contributed by atoms with Crippen molar-refractivity contribution < 1.29 is 24.2 Å². The lowest BCUT2D eigenvalue weighted by molar-refractivity contribution is -0.134. The monoisotopic (exact) mass is 375 g/mol. The van der Waals surface area contributed by atoms with E-state index < -0.39 is 17.9 Å². The fraction of sp³-hybridized carbons (Fsp3) is 0.421. The number of carboxylic acid groups (broad SMARTS) is 1. The first-order chi connectivity index (χ1) is 12.9. The summed E-state index contributed by atoms with van der Waals surface area (Å²) in [6.45, 7) is 2.73. The number of rotatable bonds is 5. The minimum atomic E-state index is -1.04. The van der Waals surface area contributed by atoms with Gasteiger partial charge in [-0.15, -0.1) is 0 Å². The van der Waals surface area contributed by atoms with E-state index in [1.807, 2.05) is 0 Å². The van der Waals surface area contributed by atoms with Crippen molar-refractivity contribution in [3.05, 3.63) is 53.1 Å². The molecule has 2 N–H and O–H groups in total. The van der Waals surface area contributed by atoms with E-state index in [0.717, 1.165) is 0 Å². The fourth-order valence-corrected chi connectivity index (χ4v) is 3.49. The molecule has 0 spiro atoms. The van der Waals surface area contributed by atoms with Gasteiger partial charge in [-0.25, -0.2) is 9.18 Å². The highest BCUT2D eigenvalue weighted by molar-refractivity contribution is 5.88. The number of aliphatic hydroxyl groups excluding tert-OH is 1. The van der Waals surface area contributed by atoms with Crippen LogP contribution in [0.3, 0.4) is 0 Å².